The third kappa shape index (κ3) is 3.26. The summed E-state index contributed by atoms with van der Waals surface area (Å²) in [5.74, 6) is 0.836. The van der Waals surface area contributed by atoms with Crippen molar-refractivity contribution in [3.05, 3.63) is 29.3 Å². The highest BCUT2D eigenvalue weighted by atomic mass is 32.2. The summed E-state index contributed by atoms with van der Waals surface area (Å²) in [4.78, 5) is 23.2. The minimum Gasteiger partial charge on any atom is -0.343 e. The van der Waals surface area contributed by atoms with Crippen molar-refractivity contribution >= 4 is 29.3 Å². The molecule has 1 heterocycles. The Hall–Kier alpha value is -1.49. The normalized spacial score (nSPS) is 19.2. The molecule has 2 rings (SSSR count). The quantitative estimate of drug-likeness (QED) is 0.850. The zero-order valence-electron chi connectivity index (χ0n) is 10.4. The van der Waals surface area contributed by atoms with Crippen LogP contribution in [0.4, 0.5) is 5.69 Å². The molecular formula is C13H16N2O2S. The molecule has 0 spiro atoms. The third-order valence-electron chi connectivity index (χ3n) is 2.66. The van der Waals surface area contributed by atoms with Gasteiger partial charge in [-0.25, -0.2) is 0 Å². The van der Waals surface area contributed by atoms with Crippen LogP contribution >= 0.6 is 11.8 Å². The summed E-state index contributed by atoms with van der Waals surface area (Å²) in [6, 6.07) is 5.45. The first-order valence-electron chi connectivity index (χ1n) is 5.81. The van der Waals surface area contributed by atoms with Crippen LogP contribution in [-0.2, 0) is 9.59 Å². The van der Waals surface area contributed by atoms with Gasteiger partial charge in [0.05, 0.1) is 5.75 Å². The lowest BCUT2D eigenvalue weighted by Crippen LogP contribution is -2.49. The van der Waals surface area contributed by atoms with Gasteiger partial charge >= 0.3 is 0 Å². The molecule has 0 aromatic heterocycles. The van der Waals surface area contributed by atoms with Crippen molar-refractivity contribution in [3.8, 4) is 0 Å². The molecule has 1 aromatic rings. The van der Waals surface area contributed by atoms with E-state index in [4.69, 9.17) is 0 Å². The highest BCUT2D eigenvalue weighted by Gasteiger charge is 2.24. The van der Waals surface area contributed by atoms with Gasteiger partial charge in [-0.05, 0) is 37.1 Å². The Morgan fingerprint density at radius 3 is 2.61 bits per heavy atom. The minimum atomic E-state index is -0.433. The molecule has 1 aromatic carbocycles. The van der Waals surface area contributed by atoms with Gasteiger partial charge in [0.25, 0.3) is 0 Å². The largest absolute Gasteiger partial charge is 0.343 e. The van der Waals surface area contributed by atoms with Crippen LogP contribution in [0.15, 0.2) is 18.2 Å². The number of carbonyl (C=O) groups is 2. The summed E-state index contributed by atoms with van der Waals surface area (Å²) in [5, 5.41) is 5.54. The zero-order chi connectivity index (χ0) is 13.1. The molecule has 0 radical (unpaired) electrons. The Kier molecular flexibility index (Phi) is 3.91. The van der Waals surface area contributed by atoms with Crippen LogP contribution in [0, 0.1) is 13.8 Å². The molecule has 1 fully saturated rings. The van der Waals surface area contributed by atoms with Crippen LogP contribution in [0.1, 0.15) is 11.1 Å². The van der Waals surface area contributed by atoms with Gasteiger partial charge in [-0.3, -0.25) is 9.59 Å². The SMILES string of the molecule is Cc1cc(C)cc(NC(=O)C2CSCC(=O)N2)c1. The Balaban J connectivity index is 2.04. The lowest BCUT2D eigenvalue weighted by atomic mass is 10.1. The summed E-state index contributed by atoms with van der Waals surface area (Å²) in [5.41, 5.74) is 2.99. The predicted octanol–water partition coefficient (Wildman–Crippen LogP) is 1.47. The molecule has 5 heteroatoms. The minimum absolute atomic E-state index is 0.0770. The van der Waals surface area contributed by atoms with Crippen LogP contribution in [0.25, 0.3) is 0 Å². The molecular weight excluding hydrogens is 248 g/mol. The van der Waals surface area contributed by atoms with Crippen molar-refractivity contribution in [2.45, 2.75) is 19.9 Å². The number of benzene rings is 1. The second-order valence-electron chi connectivity index (χ2n) is 4.50. The topological polar surface area (TPSA) is 58.2 Å². The van der Waals surface area contributed by atoms with Crippen molar-refractivity contribution < 1.29 is 9.59 Å². The summed E-state index contributed by atoms with van der Waals surface area (Å²) >= 11 is 1.48. The fourth-order valence-electron chi connectivity index (χ4n) is 1.96. The van der Waals surface area contributed by atoms with E-state index in [2.05, 4.69) is 10.6 Å². The molecule has 0 aliphatic carbocycles. The molecule has 1 atom stereocenters. The van der Waals surface area contributed by atoms with E-state index in [1.54, 1.807) is 0 Å². The van der Waals surface area contributed by atoms with Gasteiger partial charge in [0.2, 0.25) is 11.8 Å². The molecule has 2 amide bonds. The van der Waals surface area contributed by atoms with Gasteiger partial charge in [-0.2, -0.15) is 0 Å². The molecule has 2 N–H and O–H groups in total. The first-order chi connectivity index (χ1) is 8.54. The van der Waals surface area contributed by atoms with E-state index in [-0.39, 0.29) is 11.8 Å². The van der Waals surface area contributed by atoms with E-state index in [9.17, 15) is 9.59 Å². The number of thioether (sulfide) groups is 1. The molecule has 1 saturated heterocycles. The fourth-order valence-corrected chi connectivity index (χ4v) is 2.82. The molecule has 1 aliphatic heterocycles. The number of hydrogen-bond acceptors (Lipinski definition) is 3. The number of aryl methyl sites for hydroxylation is 2. The van der Waals surface area contributed by atoms with Crippen LogP contribution in [-0.4, -0.2) is 29.4 Å². The van der Waals surface area contributed by atoms with Gasteiger partial charge < -0.3 is 10.6 Å². The zero-order valence-corrected chi connectivity index (χ0v) is 11.3. The highest BCUT2D eigenvalue weighted by Crippen LogP contribution is 2.15. The van der Waals surface area contributed by atoms with E-state index in [0.29, 0.717) is 11.5 Å². The maximum Gasteiger partial charge on any atom is 0.247 e. The monoisotopic (exact) mass is 264 g/mol. The van der Waals surface area contributed by atoms with Crippen LogP contribution < -0.4 is 10.6 Å². The Morgan fingerprint density at radius 1 is 1.33 bits per heavy atom. The van der Waals surface area contributed by atoms with Gasteiger partial charge in [0.1, 0.15) is 6.04 Å². The molecule has 1 aliphatic rings. The lowest BCUT2D eigenvalue weighted by molar-refractivity contribution is -0.124. The summed E-state index contributed by atoms with van der Waals surface area (Å²) in [7, 11) is 0. The van der Waals surface area contributed by atoms with E-state index >= 15 is 0 Å². The Bertz CT molecular complexity index is 468. The maximum atomic E-state index is 12.0. The van der Waals surface area contributed by atoms with Crippen LogP contribution in [0.3, 0.4) is 0 Å². The molecule has 1 unspecified atom stereocenters. The molecule has 0 saturated carbocycles. The predicted molar refractivity (Wildman–Crippen MR) is 73.8 cm³/mol. The lowest BCUT2D eigenvalue weighted by Gasteiger charge is -2.22. The first kappa shape index (κ1) is 13.0. The Labute approximate surface area is 111 Å². The van der Waals surface area contributed by atoms with Gasteiger partial charge in [0.15, 0.2) is 0 Å². The average molecular weight is 264 g/mol. The van der Waals surface area contributed by atoms with Gasteiger partial charge in [0, 0.05) is 11.4 Å². The van der Waals surface area contributed by atoms with Crippen molar-refractivity contribution in [2.24, 2.45) is 0 Å². The molecule has 4 nitrogen and oxygen atoms in total. The smallest absolute Gasteiger partial charge is 0.247 e. The number of carbonyl (C=O) groups excluding carboxylic acids is 2. The van der Waals surface area contributed by atoms with Crippen molar-refractivity contribution in [1.82, 2.24) is 5.32 Å². The third-order valence-corrected chi connectivity index (χ3v) is 3.69. The highest BCUT2D eigenvalue weighted by molar-refractivity contribution is 8.00. The number of amides is 2. The number of nitrogens with one attached hydrogen (secondary N) is 2. The van der Waals surface area contributed by atoms with Crippen LogP contribution in [0.5, 0.6) is 0 Å². The first-order valence-corrected chi connectivity index (χ1v) is 6.96. The van der Waals surface area contributed by atoms with E-state index in [1.165, 1.54) is 11.8 Å². The van der Waals surface area contributed by atoms with E-state index in [0.717, 1.165) is 16.8 Å². The number of rotatable bonds is 2. The second kappa shape index (κ2) is 5.44. The van der Waals surface area contributed by atoms with Gasteiger partial charge in [-0.15, -0.1) is 11.8 Å². The fraction of sp³-hybridized carbons (Fsp3) is 0.385. The van der Waals surface area contributed by atoms with Crippen LogP contribution in [0.2, 0.25) is 0 Å². The number of hydrogen-bond donors (Lipinski definition) is 2. The van der Waals surface area contributed by atoms with Crippen molar-refractivity contribution in [2.75, 3.05) is 16.8 Å². The summed E-state index contributed by atoms with van der Waals surface area (Å²) in [6.45, 7) is 3.97. The van der Waals surface area contributed by atoms with E-state index < -0.39 is 6.04 Å². The van der Waals surface area contributed by atoms with Crippen molar-refractivity contribution in [3.63, 3.8) is 0 Å². The summed E-state index contributed by atoms with van der Waals surface area (Å²) < 4.78 is 0. The summed E-state index contributed by atoms with van der Waals surface area (Å²) in [6.07, 6.45) is 0. The van der Waals surface area contributed by atoms with E-state index in [1.807, 2.05) is 32.0 Å². The number of anilines is 1. The Morgan fingerprint density at radius 2 is 2.00 bits per heavy atom. The molecule has 18 heavy (non-hydrogen) atoms. The average Bonchev–Trinajstić information content (AvgIpc) is 2.27. The molecule has 0 bridgehead atoms. The van der Waals surface area contributed by atoms with Gasteiger partial charge in [-0.1, -0.05) is 6.07 Å². The second-order valence-corrected chi connectivity index (χ2v) is 5.53. The standard InChI is InChI=1S/C13H16N2O2S/c1-8-3-9(2)5-10(4-8)14-13(17)11-6-18-7-12(16)15-11/h3-5,11H,6-7H2,1-2H3,(H,14,17)(H,15,16). The molecule has 96 valence electrons. The van der Waals surface area contributed by atoms with Crippen molar-refractivity contribution in [1.29, 1.82) is 0 Å². The maximum absolute atomic E-state index is 12.0.